The minimum Gasteiger partial charge on any atom is -0.481 e. The van der Waals surface area contributed by atoms with Crippen molar-refractivity contribution < 1.29 is 14.7 Å². The van der Waals surface area contributed by atoms with Gasteiger partial charge in [-0.25, -0.2) is 4.98 Å². The number of nitrogens with zero attached hydrogens (tertiary/aromatic N) is 1. The lowest BCUT2D eigenvalue weighted by molar-refractivity contribution is -0.137. The molecule has 0 fully saturated rings. The van der Waals surface area contributed by atoms with Crippen LogP contribution in [0.5, 0.6) is 0 Å². The predicted molar refractivity (Wildman–Crippen MR) is 88.0 cm³/mol. The number of amides is 1. The summed E-state index contributed by atoms with van der Waals surface area (Å²) in [5.41, 5.74) is 2.97. The molecular formula is C17H23N3O3. The van der Waals surface area contributed by atoms with Gasteiger partial charge in [0.2, 0.25) is 5.91 Å². The lowest BCUT2D eigenvalue weighted by atomic mass is 10.0. The van der Waals surface area contributed by atoms with Crippen LogP contribution < -0.4 is 5.32 Å². The number of carbonyl (C=O) groups excluding carboxylic acids is 1. The van der Waals surface area contributed by atoms with Crippen molar-refractivity contribution in [3.63, 3.8) is 0 Å². The topological polar surface area (TPSA) is 95.1 Å². The molecule has 124 valence electrons. The smallest absolute Gasteiger partial charge is 0.303 e. The van der Waals surface area contributed by atoms with Crippen LogP contribution in [-0.2, 0) is 9.59 Å². The van der Waals surface area contributed by atoms with Crippen molar-refractivity contribution in [3.05, 3.63) is 29.6 Å². The Labute approximate surface area is 135 Å². The Hall–Kier alpha value is -2.37. The summed E-state index contributed by atoms with van der Waals surface area (Å²) in [6, 6.07) is 5.76. The summed E-state index contributed by atoms with van der Waals surface area (Å²) in [5.74, 6) is -0.139. The molecule has 1 aromatic carbocycles. The average molecular weight is 317 g/mol. The van der Waals surface area contributed by atoms with Crippen molar-refractivity contribution in [2.75, 3.05) is 0 Å². The van der Waals surface area contributed by atoms with E-state index < -0.39 is 5.97 Å². The largest absolute Gasteiger partial charge is 0.481 e. The van der Waals surface area contributed by atoms with Gasteiger partial charge in [0.05, 0.1) is 17.1 Å². The van der Waals surface area contributed by atoms with Gasteiger partial charge in [0.1, 0.15) is 5.82 Å². The summed E-state index contributed by atoms with van der Waals surface area (Å²) in [6.45, 7) is 6.05. The van der Waals surface area contributed by atoms with E-state index in [4.69, 9.17) is 5.11 Å². The molecule has 1 atom stereocenters. The summed E-state index contributed by atoms with van der Waals surface area (Å²) in [4.78, 5) is 30.4. The van der Waals surface area contributed by atoms with E-state index in [0.717, 1.165) is 22.4 Å². The number of carboxylic acid groups (broad SMARTS) is 1. The third kappa shape index (κ3) is 4.55. The molecule has 6 heteroatoms. The highest BCUT2D eigenvalue weighted by Gasteiger charge is 2.21. The first-order chi connectivity index (χ1) is 10.9. The summed E-state index contributed by atoms with van der Waals surface area (Å²) in [5, 5.41) is 11.6. The van der Waals surface area contributed by atoms with E-state index >= 15 is 0 Å². The first kappa shape index (κ1) is 17.0. The van der Waals surface area contributed by atoms with Crippen LogP contribution in [0.15, 0.2) is 18.2 Å². The molecule has 0 aliphatic heterocycles. The van der Waals surface area contributed by atoms with E-state index in [0.29, 0.717) is 6.42 Å². The van der Waals surface area contributed by atoms with Gasteiger partial charge < -0.3 is 15.4 Å². The van der Waals surface area contributed by atoms with Gasteiger partial charge in [-0.1, -0.05) is 19.9 Å². The van der Waals surface area contributed by atoms with Crippen molar-refractivity contribution >= 4 is 22.9 Å². The molecule has 0 bridgehead atoms. The van der Waals surface area contributed by atoms with Crippen LogP contribution in [-0.4, -0.2) is 27.0 Å². The maximum atomic E-state index is 12.0. The van der Waals surface area contributed by atoms with E-state index in [-0.39, 0.29) is 30.7 Å². The molecule has 1 heterocycles. The maximum Gasteiger partial charge on any atom is 0.303 e. The van der Waals surface area contributed by atoms with Crippen LogP contribution in [0.1, 0.15) is 50.5 Å². The van der Waals surface area contributed by atoms with Crippen LogP contribution in [0.3, 0.4) is 0 Å². The number of benzene rings is 1. The molecule has 3 N–H and O–H groups in total. The second kappa shape index (κ2) is 7.26. The Morgan fingerprint density at radius 2 is 2.04 bits per heavy atom. The third-order valence-corrected chi connectivity index (χ3v) is 3.73. The van der Waals surface area contributed by atoms with E-state index in [1.807, 2.05) is 39.0 Å². The van der Waals surface area contributed by atoms with E-state index in [1.165, 1.54) is 0 Å². The lowest BCUT2D eigenvalue weighted by Gasteiger charge is -2.20. The number of hydrogen-bond donors (Lipinski definition) is 3. The zero-order valence-corrected chi connectivity index (χ0v) is 13.7. The second-order valence-electron chi connectivity index (χ2n) is 6.18. The number of hydrogen-bond acceptors (Lipinski definition) is 3. The molecule has 0 aliphatic carbocycles. The minimum atomic E-state index is -0.883. The van der Waals surface area contributed by atoms with Gasteiger partial charge in [-0.05, 0) is 37.0 Å². The Balaban J connectivity index is 2.10. The van der Waals surface area contributed by atoms with E-state index in [9.17, 15) is 9.59 Å². The Bertz CT molecular complexity index is 706. The van der Waals surface area contributed by atoms with Crippen molar-refractivity contribution in [2.24, 2.45) is 5.92 Å². The number of aryl methyl sites for hydroxylation is 1. The lowest BCUT2D eigenvalue weighted by Crippen LogP contribution is -2.32. The van der Waals surface area contributed by atoms with Gasteiger partial charge >= 0.3 is 5.97 Å². The van der Waals surface area contributed by atoms with Crippen LogP contribution in [0, 0.1) is 12.8 Å². The second-order valence-corrected chi connectivity index (χ2v) is 6.18. The number of nitrogens with one attached hydrogen (secondary N) is 2. The fraction of sp³-hybridized carbons (Fsp3) is 0.471. The predicted octanol–water partition coefficient (Wildman–Crippen LogP) is 2.94. The Morgan fingerprint density at radius 3 is 2.70 bits per heavy atom. The Kier molecular flexibility index (Phi) is 5.36. The number of aliphatic carboxylic acids is 1. The zero-order valence-electron chi connectivity index (χ0n) is 13.7. The van der Waals surface area contributed by atoms with Crippen LogP contribution in [0.25, 0.3) is 11.0 Å². The van der Waals surface area contributed by atoms with Crippen molar-refractivity contribution in [3.8, 4) is 0 Å². The van der Waals surface area contributed by atoms with Gasteiger partial charge in [-0.2, -0.15) is 0 Å². The summed E-state index contributed by atoms with van der Waals surface area (Å²) in [6.07, 6.45) is 0.545. The number of carboxylic acids is 1. The van der Waals surface area contributed by atoms with E-state index in [2.05, 4.69) is 15.3 Å². The maximum absolute atomic E-state index is 12.0. The highest BCUT2D eigenvalue weighted by Crippen LogP contribution is 2.23. The quantitative estimate of drug-likeness (QED) is 0.731. The number of H-pyrrole nitrogens is 1. The molecule has 0 spiro atoms. The summed E-state index contributed by atoms with van der Waals surface area (Å²) in [7, 11) is 0. The molecule has 6 nitrogen and oxygen atoms in total. The highest BCUT2D eigenvalue weighted by molar-refractivity contribution is 5.78. The zero-order chi connectivity index (χ0) is 17.0. The molecule has 2 rings (SSSR count). The van der Waals surface area contributed by atoms with Crippen LogP contribution in [0.4, 0.5) is 0 Å². The monoisotopic (exact) mass is 317 g/mol. The fourth-order valence-corrected chi connectivity index (χ4v) is 2.49. The highest BCUT2D eigenvalue weighted by atomic mass is 16.4. The van der Waals surface area contributed by atoms with Gasteiger partial charge in [0, 0.05) is 12.8 Å². The molecular weight excluding hydrogens is 294 g/mol. The summed E-state index contributed by atoms with van der Waals surface area (Å²) < 4.78 is 0. The third-order valence-electron chi connectivity index (χ3n) is 3.73. The number of imidazole rings is 1. The standard InChI is InChI=1S/C17H23N3O3/c1-10(2)16(20-14(21)5-4-6-15(22)23)17-18-12-8-7-11(3)9-13(12)19-17/h7-10,16H,4-6H2,1-3H3,(H,18,19)(H,20,21)(H,22,23)/t16-/m0/s1. The number of aromatic amines is 1. The van der Waals surface area contributed by atoms with Gasteiger partial charge in [0.25, 0.3) is 0 Å². The molecule has 0 saturated carbocycles. The molecule has 23 heavy (non-hydrogen) atoms. The summed E-state index contributed by atoms with van der Waals surface area (Å²) >= 11 is 0. The minimum absolute atomic E-state index is 0.00365. The van der Waals surface area contributed by atoms with Crippen LogP contribution >= 0.6 is 0 Å². The average Bonchev–Trinajstić information content (AvgIpc) is 2.86. The first-order valence-electron chi connectivity index (χ1n) is 7.84. The van der Waals surface area contributed by atoms with Crippen molar-refractivity contribution in [1.82, 2.24) is 15.3 Å². The van der Waals surface area contributed by atoms with Gasteiger partial charge in [0.15, 0.2) is 0 Å². The number of fused-ring (bicyclic) bond motifs is 1. The van der Waals surface area contributed by atoms with E-state index in [1.54, 1.807) is 0 Å². The van der Waals surface area contributed by atoms with Crippen molar-refractivity contribution in [2.45, 2.75) is 46.1 Å². The molecule has 1 aromatic heterocycles. The molecule has 0 radical (unpaired) electrons. The normalized spacial score (nSPS) is 12.5. The molecule has 0 saturated heterocycles. The van der Waals surface area contributed by atoms with Crippen molar-refractivity contribution in [1.29, 1.82) is 0 Å². The molecule has 0 aliphatic rings. The fourth-order valence-electron chi connectivity index (χ4n) is 2.49. The molecule has 0 unspecified atom stereocenters. The number of aromatic nitrogens is 2. The first-order valence-corrected chi connectivity index (χ1v) is 7.84. The SMILES string of the molecule is Cc1ccc2nc([C@@H](NC(=O)CCCC(=O)O)C(C)C)[nH]c2c1. The number of carbonyl (C=O) groups is 2. The van der Waals surface area contributed by atoms with Gasteiger partial charge in [-0.3, -0.25) is 9.59 Å². The van der Waals surface area contributed by atoms with Crippen LogP contribution in [0.2, 0.25) is 0 Å². The molecule has 2 aromatic rings. The number of rotatable bonds is 7. The van der Waals surface area contributed by atoms with Gasteiger partial charge in [-0.15, -0.1) is 0 Å². The Morgan fingerprint density at radius 1 is 1.30 bits per heavy atom. The molecule has 1 amide bonds.